The average molecular weight is 641 g/mol. The van der Waals surface area contributed by atoms with Crippen LogP contribution in [0.25, 0.3) is 18.2 Å². The van der Waals surface area contributed by atoms with Gasteiger partial charge in [0.15, 0.2) is 0 Å². The Balaban J connectivity index is 1.90. The van der Waals surface area contributed by atoms with Crippen LogP contribution in [-0.2, 0) is 32.0 Å². The molecular formula is C37H44N4O6. The normalized spacial score (nSPS) is 19.0. The largest absolute Gasteiger partial charge is 0.481 e. The highest BCUT2D eigenvalue weighted by Gasteiger charge is 2.29. The number of aliphatic carboxylic acids is 2. The number of allylic oxidation sites excluding steroid dienone is 3. The van der Waals surface area contributed by atoms with Gasteiger partial charge in [0.1, 0.15) is 0 Å². The fourth-order valence-corrected chi connectivity index (χ4v) is 6.29. The van der Waals surface area contributed by atoms with Crippen molar-refractivity contribution in [1.82, 2.24) is 15.3 Å². The smallest absolute Gasteiger partial charge is 0.303 e. The zero-order chi connectivity index (χ0) is 34.4. The van der Waals surface area contributed by atoms with Crippen LogP contribution >= 0.6 is 0 Å². The molecule has 248 valence electrons. The van der Waals surface area contributed by atoms with Crippen LogP contribution in [0, 0.1) is 19.8 Å². The van der Waals surface area contributed by atoms with Crippen LogP contribution < -0.4 is 16.0 Å². The van der Waals surface area contributed by atoms with Crippen LogP contribution in [0.5, 0.6) is 0 Å². The number of unbranched alkanes of at least 4 members (excludes halogenated alkanes) is 2. The predicted molar refractivity (Wildman–Crippen MR) is 183 cm³/mol. The summed E-state index contributed by atoms with van der Waals surface area (Å²) in [6.07, 6.45) is 13.1. The van der Waals surface area contributed by atoms with Crippen molar-refractivity contribution in [3.63, 3.8) is 0 Å². The lowest BCUT2D eigenvalue weighted by molar-refractivity contribution is -0.138. The second kappa shape index (κ2) is 15.1. The SMILES string of the molecule is C=CC1=C(CCCCC)C(/C=c2/[nH]/c(=C\c3[nH]c(/C=C4\NC(=O)C(C)\C4=C/C)c(C)c3CCC(=O)O)c(CCC(=O)O)c2C)=NC1=O. The molecule has 2 aromatic heterocycles. The van der Waals surface area contributed by atoms with E-state index in [1.165, 1.54) is 0 Å². The van der Waals surface area contributed by atoms with E-state index < -0.39 is 11.9 Å². The van der Waals surface area contributed by atoms with Crippen molar-refractivity contribution in [2.75, 3.05) is 0 Å². The Hall–Kier alpha value is -4.99. The Morgan fingerprint density at radius 1 is 0.894 bits per heavy atom. The lowest BCUT2D eigenvalue weighted by Crippen LogP contribution is -2.16. The number of aliphatic imine (C=N–C) groups is 1. The number of hydrogen-bond acceptors (Lipinski definition) is 4. The number of carbonyl (C=O) groups excluding carboxylic acids is 2. The molecule has 47 heavy (non-hydrogen) atoms. The van der Waals surface area contributed by atoms with E-state index in [-0.39, 0.29) is 43.4 Å². The summed E-state index contributed by atoms with van der Waals surface area (Å²) in [7, 11) is 0. The minimum atomic E-state index is -0.927. The Morgan fingerprint density at radius 3 is 2.19 bits per heavy atom. The molecule has 5 N–H and O–H groups in total. The molecule has 0 bridgehead atoms. The summed E-state index contributed by atoms with van der Waals surface area (Å²) in [5.41, 5.74) is 8.23. The number of aromatic amines is 2. The Morgan fingerprint density at radius 2 is 1.57 bits per heavy atom. The van der Waals surface area contributed by atoms with Gasteiger partial charge in [-0.15, -0.1) is 0 Å². The molecule has 4 rings (SSSR count). The number of carbonyl (C=O) groups is 4. The van der Waals surface area contributed by atoms with E-state index in [2.05, 4.69) is 33.8 Å². The van der Waals surface area contributed by atoms with Gasteiger partial charge in [-0.2, -0.15) is 0 Å². The fourth-order valence-electron chi connectivity index (χ4n) is 6.29. The fraction of sp³-hybridized carbons (Fsp3) is 0.378. The molecule has 2 amide bonds. The number of nitrogens with zero attached hydrogens (tertiary/aromatic N) is 1. The van der Waals surface area contributed by atoms with E-state index in [9.17, 15) is 29.4 Å². The first-order chi connectivity index (χ1) is 22.4. The Labute approximate surface area is 274 Å². The monoisotopic (exact) mass is 640 g/mol. The van der Waals surface area contributed by atoms with Crippen LogP contribution in [0.3, 0.4) is 0 Å². The highest BCUT2D eigenvalue weighted by atomic mass is 16.4. The summed E-state index contributed by atoms with van der Waals surface area (Å²) in [4.78, 5) is 59.5. The van der Waals surface area contributed by atoms with Crippen LogP contribution in [0.2, 0.25) is 0 Å². The van der Waals surface area contributed by atoms with Gasteiger partial charge in [-0.3, -0.25) is 19.2 Å². The van der Waals surface area contributed by atoms with Crippen LogP contribution in [0.1, 0.15) is 92.9 Å². The number of amides is 2. The van der Waals surface area contributed by atoms with Crippen LogP contribution in [0.15, 0.2) is 46.1 Å². The number of hydrogen-bond donors (Lipinski definition) is 5. The van der Waals surface area contributed by atoms with Gasteiger partial charge < -0.3 is 25.5 Å². The summed E-state index contributed by atoms with van der Waals surface area (Å²) in [6.45, 7) is 13.5. The molecule has 1 fully saturated rings. The second-order valence-electron chi connectivity index (χ2n) is 12.1. The first kappa shape index (κ1) is 34.9. The van der Waals surface area contributed by atoms with Crippen molar-refractivity contribution in [2.45, 2.75) is 86.0 Å². The molecule has 2 aliphatic rings. The van der Waals surface area contributed by atoms with Gasteiger partial charge in [-0.1, -0.05) is 38.5 Å². The first-order valence-corrected chi connectivity index (χ1v) is 16.1. The predicted octanol–water partition coefficient (Wildman–Crippen LogP) is 4.70. The Bertz CT molecular complexity index is 1880. The number of aromatic nitrogens is 2. The zero-order valence-electron chi connectivity index (χ0n) is 27.8. The van der Waals surface area contributed by atoms with Crippen molar-refractivity contribution in [1.29, 1.82) is 0 Å². The van der Waals surface area contributed by atoms with E-state index in [0.717, 1.165) is 58.4 Å². The molecule has 10 nitrogen and oxygen atoms in total. The average Bonchev–Trinajstić information content (AvgIpc) is 3.67. The summed E-state index contributed by atoms with van der Waals surface area (Å²) >= 11 is 0. The van der Waals surface area contributed by atoms with Crippen LogP contribution in [-0.4, -0.2) is 49.6 Å². The van der Waals surface area contributed by atoms with E-state index in [1.807, 2.05) is 52.0 Å². The van der Waals surface area contributed by atoms with Crippen molar-refractivity contribution in [3.8, 4) is 0 Å². The van der Waals surface area contributed by atoms with Gasteiger partial charge in [-0.05, 0) is 105 Å². The van der Waals surface area contributed by atoms with E-state index in [4.69, 9.17) is 0 Å². The maximum Gasteiger partial charge on any atom is 0.303 e. The van der Waals surface area contributed by atoms with Crippen molar-refractivity contribution < 1.29 is 29.4 Å². The molecular weight excluding hydrogens is 596 g/mol. The second-order valence-corrected chi connectivity index (χ2v) is 12.1. The number of H-pyrrole nitrogens is 2. The molecule has 1 saturated heterocycles. The van der Waals surface area contributed by atoms with Gasteiger partial charge in [0.05, 0.1) is 11.6 Å². The molecule has 0 aliphatic carbocycles. The molecule has 4 heterocycles. The van der Waals surface area contributed by atoms with E-state index >= 15 is 0 Å². The van der Waals surface area contributed by atoms with E-state index in [1.54, 1.807) is 6.08 Å². The lowest BCUT2D eigenvalue weighted by Gasteiger charge is -2.04. The highest BCUT2D eigenvalue weighted by Crippen LogP contribution is 2.30. The zero-order valence-corrected chi connectivity index (χ0v) is 27.8. The van der Waals surface area contributed by atoms with Gasteiger partial charge in [0, 0.05) is 46.2 Å². The summed E-state index contributed by atoms with van der Waals surface area (Å²) in [6, 6.07) is 0. The third-order valence-electron chi connectivity index (χ3n) is 9.00. The standard InChI is InChI=1S/C37H44N4O6/c1-7-10-11-12-27-24(9-3)37(47)41-33(27)18-29-21(5)26(14-16-35(44)45)32(39-29)19-31-25(13-15-34(42)43)20(4)28(38-31)17-30-23(8-2)22(6)36(46)40-30/h8-9,17-19,22,38-39H,3,7,10-16H2,1-2,4-6H3,(H,40,46)(H,42,43)(H,44,45)/b23-8+,29-18+,30-17-,32-19-. The number of carboxylic acid groups (broad SMARTS) is 2. The highest BCUT2D eigenvalue weighted by molar-refractivity contribution is 6.31. The molecule has 10 heteroatoms. The minimum absolute atomic E-state index is 0.0787. The Kier molecular flexibility index (Phi) is 11.2. The molecule has 0 radical (unpaired) electrons. The molecule has 1 atom stereocenters. The first-order valence-electron chi connectivity index (χ1n) is 16.1. The number of carboxylic acids is 2. The minimum Gasteiger partial charge on any atom is -0.481 e. The lowest BCUT2D eigenvalue weighted by atomic mass is 9.98. The van der Waals surface area contributed by atoms with Gasteiger partial charge in [-0.25, -0.2) is 4.99 Å². The maximum absolute atomic E-state index is 12.7. The van der Waals surface area contributed by atoms with Crippen molar-refractivity contribution in [3.05, 3.63) is 85.5 Å². The quantitative estimate of drug-likeness (QED) is 0.188. The van der Waals surface area contributed by atoms with Crippen LogP contribution in [0.4, 0.5) is 0 Å². The molecule has 2 aromatic rings. The third kappa shape index (κ3) is 7.70. The third-order valence-corrected chi connectivity index (χ3v) is 9.00. The van der Waals surface area contributed by atoms with Crippen molar-refractivity contribution in [2.24, 2.45) is 10.9 Å². The summed E-state index contributed by atoms with van der Waals surface area (Å²) in [5.74, 6) is -2.54. The molecule has 1 unspecified atom stereocenters. The van der Waals surface area contributed by atoms with Gasteiger partial charge in [0.25, 0.3) is 5.91 Å². The topological polar surface area (TPSA) is 165 Å². The van der Waals surface area contributed by atoms with E-state index in [0.29, 0.717) is 39.8 Å². The van der Waals surface area contributed by atoms with Gasteiger partial charge >= 0.3 is 11.9 Å². The molecule has 0 spiro atoms. The molecule has 2 aliphatic heterocycles. The molecule has 0 saturated carbocycles. The van der Waals surface area contributed by atoms with Crippen molar-refractivity contribution >= 4 is 47.7 Å². The maximum atomic E-state index is 12.7. The van der Waals surface area contributed by atoms with Gasteiger partial charge in [0.2, 0.25) is 5.91 Å². The summed E-state index contributed by atoms with van der Waals surface area (Å²) in [5, 5.41) is 23.3. The number of rotatable bonds is 14. The molecule has 0 aromatic carbocycles. The summed E-state index contributed by atoms with van der Waals surface area (Å²) < 4.78 is 0. The number of nitrogens with one attached hydrogen (secondary N) is 3.